The van der Waals surface area contributed by atoms with Gasteiger partial charge in [0.25, 0.3) is 0 Å². The van der Waals surface area contributed by atoms with Crippen LogP contribution in [0.1, 0.15) is 65.2 Å². The molecule has 2 aliphatic rings. The number of alkyl carbamates (subject to hydrolysis) is 4. The van der Waals surface area contributed by atoms with Crippen molar-refractivity contribution in [1.29, 1.82) is 0 Å². The molecular weight excluding hydrogens is 946 g/mol. The first-order valence-corrected chi connectivity index (χ1v) is 23.0. The van der Waals surface area contributed by atoms with Crippen molar-refractivity contribution in [3.63, 3.8) is 0 Å². The number of halogens is 6. The molecular formula is C36H55F6N4NaO14S3. The fourth-order valence-corrected chi connectivity index (χ4v) is 6.85. The second-order valence-electron chi connectivity index (χ2n) is 14.3. The number of amides is 4. The summed E-state index contributed by atoms with van der Waals surface area (Å²) in [4.78, 5) is 46.5. The first kappa shape index (κ1) is 61.0. The Labute approximate surface area is 395 Å². The molecule has 0 heterocycles. The van der Waals surface area contributed by atoms with Gasteiger partial charge in [0.1, 0.15) is 18.1 Å². The number of rotatable bonds is 18. The van der Waals surface area contributed by atoms with E-state index in [1.807, 2.05) is 30.3 Å². The standard InChI is InChI=1S/2C15H25F3N2O7S.C6H6S.Na/c2*1-2-26-13(21)19-7-10-3-5-11(6-4-10)8-20-14(22)27-9-12(16)15(17,18)28(23,24)25;7-6-4-2-1-3-5-6;/h2*10-12H,2-9H2,1H3,(H,19,21)(H,20,22)(H,23,24,25);1-5,7H;/q;;;+1/p-1. The topological polar surface area (TPSA) is 268 Å². The number of hydrogen-bond donors (Lipinski definition) is 4. The van der Waals surface area contributed by atoms with Gasteiger partial charge in [0, 0.05) is 26.2 Å². The van der Waals surface area contributed by atoms with Crippen LogP contribution in [0.15, 0.2) is 35.2 Å². The predicted molar refractivity (Wildman–Crippen MR) is 214 cm³/mol. The Kier molecular flexibility index (Phi) is 29.0. The molecule has 2 fully saturated rings. The van der Waals surface area contributed by atoms with Crippen LogP contribution < -0.4 is 50.8 Å². The molecule has 1 aromatic rings. The van der Waals surface area contributed by atoms with E-state index < -0.39 is 80.7 Å². The van der Waals surface area contributed by atoms with Gasteiger partial charge in [-0.15, -0.1) is 0 Å². The molecule has 4 amide bonds. The maximum Gasteiger partial charge on any atom is 1.00 e. The molecule has 2 aliphatic carbocycles. The molecule has 2 atom stereocenters. The van der Waals surface area contributed by atoms with E-state index >= 15 is 0 Å². The van der Waals surface area contributed by atoms with E-state index in [9.17, 15) is 71.5 Å². The minimum atomic E-state index is -6.20. The fourth-order valence-electron chi connectivity index (χ4n) is 5.90. The van der Waals surface area contributed by atoms with Crippen LogP contribution in [0.2, 0.25) is 0 Å². The summed E-state index contributed by atoms with van der Waals surface area (Å²) in [5, 5.41) is -0.464. The van der Waals surface area contributed by atoms with Crippen LogP contribution in [0.25, 0.3) is 0 Å². The Morgan fingerprint density at radius 1 is 0.594 bits per heavy atom. The molecule has 3 rings (SSSR count). The first-order valence-electron chi connectivity index (χ1n) is 19.7. The Hall–Kier alpha value is -2.95. The van der Waals surface area contributed by atoms with E-state index in [-0.39, 0.29) is 79.5 Å². The largest absolute Gasteiger partial charge is 1.00 e. The van der Waals surface area contributed by atoms with E-state index in [2.05, 4.69) is 43.4 Å². The van der Waals surface area contributed by atoms with Gasteiger partial charge in [0.05, 0.1) is 13.2 Å². The Morgan fingerprint density at radius 2 is 0.844 bits per heavy atom. The average Bonchev–Trinajstić information content (AvgIpc) is 3.22. The van der Waals surface area contributed by atoms with Gasteiger partial charge < -0.3 is 49.3 Å². The van der Waals surface area contributed by atoms with Gasteiger partial charge in [-0.25, -0.2) is 44.8 Å². The van der Waals surface area contributed by atoms with Crippen LogP contribution in [-0.4, -0.2) is 126 Å². The van der Waals surface area contributed by atoms with E-state index in [1.54, 1.807) is 13.8 Å². The number of hydrogen-bond acceptors (Lipinski definition) is 14. The molecule has 28 heteroatoms. The molecule has 2 unspecified atom stereocenters. The van der Waals surface area contributed by atoms with Gasteiger partial charge >= 0.3 is 64.4 Å². The van der Waals surface area contributed by atoms with Gasteiger partial charge in [-0.1, -0.05) is 18.2 Å². The first-order chi connectivity index (χ1) is 29.3. The summed E-state index contributed by atoms with van der Waals surface area (Å²) in [6, 6.07) is 9.96. The van der Waals surface area contributed by atoms with Crippen LogP contribution in [0.5, 0.6) is 0 Å². The van der Waals surface area contributed by atoms with E-state index in [0.29, 0.717) is 13.1 Å². The monoisotopic (exact) mass is 1000 g/mol. The van der Waals surface area contributed by atoms with Crippen LogP contribution in [0, 0.1) is 23.7 Å². The summed E-state index contributed by atoms with van der Waals surface area (Å²) < 4.78 is 158. The number of carbonyl (C=O) groups is 4. The summed E-state index contributed by atoms with van der Waals surface area (Å²) in [6.07, 6.45) is -4.06. The van der Waals surface area contributed by atoms with Gasteiger partial charge in [-0.2, -0.15) is 17.6 Å². The SMILES string of the molecule is CCOC(=O)NCC1CCC(CNC(=O)OCC(F)C(F)(F)S(=O)(=O)[O-])CC1.CCOC(=O)NCC1CCC(CNC(=O)OCC(F)C(F)(F)S(=O)(=O)[O-])CC1.[Na+].[SH2+]c1ccccc1. The summed E-state index contributed by atoms with van der Waals surface area (Å²) in [5.74, 6) is 0.736. The maximum atomic E-state index is 13.2. The van der Waals surface area contributed by atoms with Crippen molar-refractivity contribution in [2.75, 3.05) is 52.6 Å². The van der Waals surface area contributed by atoms with Crippen molar-refractivity contribution in [2.45, 2.75) is 93.0 Å². The van der Waals surface area contributed by atoms with Crippen molar-refractivity contribution >= 4 is 57.2 Å². The third kappa shape index (κ3) is 24.0. The third-order valence-electron chi connectivity index (χ3n) is 9.52. The van der Waals surface area contributed by atoms with E-state index in [0.717, 1.165) is 56.3 Å². The smallest absolute Gasteiger partial charge is 0.743 e. The van der Waals surface area contributed by atoms with Crippen LogP contribution in [-0.2, 0) is 51.8 Å². The second kappa shape index (κ2) is 30.4. The molecule has 364 valence electrons. The molecule has 64 heavy (non-hydrogen) atoms. The van der Waals surface area contributed by atoms with Crippen LogP contribution in [0.3, 0.4) is 0 Å². The molecule has 0 bridgehead atoms. The van der Waals surface area contributed by atoms with Gasteiger partial charge in [0.15, 0.2) is 20.2 Å². The molecule has 0 aromatic heterocycles. The zero-order valence-electron chi connectivity index (χ0n) is 35.5. The molecule has 0 radical (unpaired) electrons. The Bertz CT molecular complexity index is 1660. The Morgan fingerprint density at radius 3 is 1.05 bits per heavy atom. The van der Waals surface area contributed by atoms with Crippen molar-refractivity contribution < 1.29 is 120 Å². The zero-order valence-corrected chi connectivity index (χ0v) is 40.1. The summed E-state index contributed by atoms with van der Waals surface area (Å²) in [7, 11) is -12.4. The predicted octanol–water partition coefficient (Wildman–Crippen LogP) is 1.54. The number of benzene rings is 1. The van der Waals surface area contributed by atoms with Gasteiger partial charge in [-0.05, 0) is 114 Å². The molecule has 0 saturated heterocycles. The number of carbonyl (C=O) groups excluding carboxylic acids is 4. The minimum Gasteiger partial charge on any atom is -0.743 e. The van der Waals surface area contributed by atoms with Crippen LogP contribution in [0.4, 0.5) is 45.5 Å². The molecule has 1 aromatic carbocycles. The van der Waals surface area contributed by atoms with Crippen molar-refractivity contribution in [3.05, 3.63) is 30.3 Å². The normalized spacial score (nSPS) is 19.7. The number of alkyl halides is 6. The zero-order chi connectivity index (χ0) is 47.9. The Balaban J connectivity index is 0.00000106. The van der Waals surface area contributed by atoms with Gasteiger partial charge in [0.2, 0.25) is 12.3 Å². The second-order valence-corrected chi connectivity index (χ2v) is 17.8. The van der Waals surface area contributed by atoms with E-state index in [1.165, 1.54) is 0 Å². The average molecular weight is 1000 g/mol. The molecule has 2 saturated carbocycles. The maximum absolute atomic E-state index is 13.2. The number of ether oxygens (including phenoxy) is 4. The minimum absolute atomic E-state index is 0. The molecule has 0 aliphatic heterocycles. The number of nitrogens with one attached hydrogen (secondary N) is 4. The summed E-state index contributed by atoms with van der Waals surface area (Å²) in [5.41, 5.74) is 0. The van der Waals surface area contributed by atoms with Crippen molar-refractivity contribution in [2.24, 2.45) is 23.7 Å². The molecule has 0 spiro atoms. The molecule has 18 nitrogen and oxygen atoms in total. The van der Waals surface area contributed by atoms with Crippen molar-refractivity contribution in [3.8, 4) is 0 Å². The quantitative estimate of drug-likeness (QED) is 0.0535. The molecule has 4 N–H and O–H groups in total. The summed E-state index contributed by atoms with van der Waals surface area (Å²) in [6.45, 7) is 2.15. The van der Waals surface area contributed by atoms with Gasteiger partial charge in [-0.3, -0.25) is 0 Å². The summed E-state index contributed by atoms with van der Waals surface area (Å²) >= 11 is 3.36. The third-order valence-corrected chi connectivity index (χ3v) is 11.7. The fraction of sp³-hybridized carbons (Fsp3) is 0.722. The van der Waals surface area contributed by atoms with Crippen LogP contribution >= 0.6 is 0 Å². The van der Waals surface area contributed by atoms with E-state index in [4.69, 9.17) is 9.47 Å². The van der Waals surface area contributed by atoms with Crippen molar-refractivity contribution in [1.82, 2.24) is 21.3 Å².